The van der Waals surface area contributed by atoms with Crippen LogP contribution in [-0.2, 0) is 11.3 Å². The van der Waals surface area contributed by atoms with Crippen LogP contribution in [0.5, 0.6) is 0 Å². The number of rotatable bonds is 4. The third-order valence-corrected chi connectivity index (χ3v) is 6.92. The summed E-state index contributed by atoms with van der Waals surface area (Å²) in [5.41, 5.74) is -0.316. The van der Waals surface area contributed by atoms with Crippen molar-refractivity contribution in [3.8, 4) is 23.0 Å². The summed E-state index contributed by atoms with van der Waals surface area (Å²) in [5.74, 6) is -0.271. The lowest BCUT2D eigenvalue weighted by atomic mass is 9.73. The van der Waals surface area contributed by atoms with Crippen molar-refractivity contribution < 1.29 is 9.13 Å². The van der Waals surface area contributed by atoms with Gasteiger partial charge >= 0.3 is 5.69 Å². The van der Waals surface area contributed by atoms with Crippen LogP contribution in [0.25, 0.3) is 16.9 Å². The van der Waals surface area contributed by atoms with E-state index in [4.69, 9.17) is 16.3 Å². The lowest BCUT2D eigenvalue weighted by Gasteiger charge is -2.53. The monoisotopic (exact) mass is 496 g/mol. The van der Waals surface area contributed by atoms with Crippen LogP contribution < -0.4 is 16.1 Å². The Bertz CT molecular complexity index is 1460. The molecule has 0 radical (unpaired) electrons. The van der Waals surface area contributed by atoms with Gasteiger partial charge in [0, 0.05) is 37.9 Å². The molecular weight excluding hydrogens is 475 g/mol. The van der Waals surface area contributed by atoms with Crippen LogP contribution in [0, 0.1) is 29.5 Å². The zero-order valence-electron chi connectivity index (χ0n) is 19.0. The summed E-state index contributed by atoms with van der Waals surface area (Å²) in [6.45, 7) is 3.94. The van der Waals surface area contributed by atoms with Gasteiger partial charge in [0.25, 0.3) is 5.56 Å². The molecule has 4 heterocycles. The summed E-state index contributed by atoms with van der Waals surface area (Å²) in [7, 11) is 0. The molecule has 0 saturated carbocycles. The van der Waals surface area contributed by atoms with Crippen LogP contribution in [0.1, 0.15) is 18.5 Å². The van der Waals surface area contributed by atoms with Gasteiger partial charge < -0.3 is 9.64 Å². The molecule has 1 spiro atoms. The lowest BCUT2D eigenvalue weighted by Crippen LogP contribution is -2.60. The van der Waals surface area contributed by atoms with Gasteiger partial charge in [-0.3, -0.25) is 14.3 Å². The Labute approximate surface area is 205 Å². The predicted molar refractivity (Wildman–Crippen MR) is 127 cm³/mol. The number of ether oxygens (including phenoxy) is 1. The summed E-state index contributed by atoms with van der Waals surface area (Å²) in [6, 6.07) is 6.00. The minimum absolute atomic E-state index is 0.0281. The van der Waals surface area contributed by atoms with E-state index < -0.39 is 17.1 Å². The molecule has 1 aromatic carbocycles. The number of anilines is 1. The second-order valence-corrected chi connectivity index (χ2v) is 9.39. The summed E-state index contributed by atoms with van der Waals surface area (Å²) >= 11 is 6.07. The summed E-state index contributed by atoms with van der Waals surface area (Å²) in [6.07, 6.45) is 4.57. The fourth-order valence-electron chi connectivity index (χ4n) is 4.88. The van der Waals surface area contributed by atoms with Crippen molar-refractivity contribution in [2.45, 2.75) is 26.3 Å². The molecule has 2 aliphatic rings. The molecule has 2 aromatic heterocycles. The van der Waals surface area contributed by atoms with E-state index in [1.807, 2.05) is 11.0 Å². The summed E-state index contributed by atoms with van der Waals surface area (Å²) in [5, 5.41) is 9.41. The molecule has 0 unspecified atom stereocenters. The van der Waals surface area contributed by atoms with Gasteiger partial charge in [-0.15, -0.1) is 0 Å². The van der Waals surface area contributed by atoms with Gasteiger partial charge in [-0.1, -0.05) is 17.7 Å². The van der Waals surface area contributed by atoms with Crippen LogP contribution in [0.2, 0.25) is 5.02 Å². The van der Waals surface area contributed by atoms with Crippen molar-refractivity contribution >= 4 is 17.4 Å². The van der Waals surface area contributed by atoms with Crippen LogP contribution in [-0.4, -0.2) is 45.4 Å². The van der Waals surface area contributed by atoms with Gasteiger partial charge in [0.1, 0.15) is 18.2 Å². The van der Waals surface area contributed by atoms with E-state index in [1.165, 1.54) is 35.2 Å². The average Bonchev–Trinajstić information content (AvgIpc) is 2.82. The van der Waals surface area contributed by atoms with Crippen molar-refractivity contribution in [1.29, 1.82) is 5.26 Å². The molecule has 11 heteroatoms. The highest BCUT2D eigenvalue weighted by Gasteiger charge is 2.46. The average molecular weight is 497 g/mol. The second-order valence-electron chi connectivity index (χ2n) is 8.98. The molecule has 5 rings (SSSR count). The summed E-state index contributed by atoms with van der Waals surface area (Å²) in [4.78, 5) is 37.8. The van der Waals surface area contributed by atoms with E-state index in [9.17, 15) is 19.2 Å². The van der Waals surface area contributed by atoms with Gasteiger partial charge in [0.15, 0.2) is 5.82 Å². The van der Waals surface area contributed by atoms with E-state index in [2.05, 4.69) is 9.97 Å². The standard InChI is InChI=1S/C24H22ClFN6O3/c1-15-11-28-12-19(29-15)32-22(33)20(16-2-3-18(26)17(25)10-16)21(31(7-6-27)23(32)34)30-13-24(14-30)4-8-35-9-5-24/h2-3,10-12H,4-5,7-9,13-14H2,1H3. The van der Waals surface area contributed by atoms with Crippen LogP contribution in [0.15, 0.2) is 40.2 Å². The van der Waals surface area contributed by atoms with Crippen molar-refractivity contribution in [2.24, 2.45) is 5.41 Å². The number of benzene rings is 1. The first kappa shape index (κ1) is 23.2. The minimum atomic E-state index is -0.698. The fraction of sp³-hybridized carbons (Fsp3) is 0.375. The smallest absolute Gasteiger partial charge is 0.339 e. The largest absolute Gasteiger partial charge is 0.381 e. The zero-order chi connectivity index (χ0) is 24.7. The number of nitrogens with zero attached hydrogens (tertiary/aromatic N) is 6. The molecule has 0 N–H and O–H groups in total. The van der Waals surface area contributed by atoms with Crippen LogP contribution in [0.3, 0.4) is 0 Å². The van der Waals surface area contributed by atoms with Crippen LogP contribution >= 0.6 is 11.6 Å². The van der Waals surface area contributed by atoms with Gasteiger partial charge in [-0.25, -0.2) is 18.7 Å². The summed E-state index contributed by atoms with van der Waals surface area (Å²) < 4.78 is 21.7. The topological polar surface area (TPSA) is 106 Å². The van der Waals surface area contributed by atoms with E-state index in [0.29, 0.717) is 43.4 Å². The molecule has 180 valence electrons. The van der Waals surface area contributed by atoms with Gasteiger partial charge in [-0.05, 0) is 37.5 Å². The number of aromatic nitrogens is 4. The van der Waals surface area contributed by atoms with E-state index >= 15 is 0 Å². The molecule has 0 aliphatic carbocycles. The SMILES string of the molecule is Cc1cncc(-n2c(=O)c(-c3ccc(F)c(Cl)c3)c(N3CC4(CCOCC4)C3)n(CC#N)c2=O)n1. The number of aryl methyl sites for hydroxylation is 1. The Morgan fingerprint density at radius 2 is 1.97 bits per heavy atom. The Hall–Kier alpha value is -3.55. The highest BCUT2D eigenvalue weighted by atomic mass is 35.5. The van der Waals surface area contributed by atoms with Crippen molar-refractivity contribution in [3.05, 3.63) is 68.0 Å². The Kier molecular flexibility index (Phi) is 5.91. The maximum absolute atomic E-state index is 14.0. The van der Waals surface area contributed by atoms with Crippen molar-refractivity contribution in [2.75, 3.05) is 31.2 Å². The minimum Gasteiger partial charge on any atom is -0.381 e. The molecule has 9 nitrogen and oxygen atoms in total. The third-order valence-electron chi connectivity index (χ3n) is 6.63. The second kappa shape index (κ2) is 8.91. The Morgan fingerprint density at radius 1 is 1.23 bits per heavy atom. The highest BCUT2D eigenvalue weighted by Crippen LogP contribution is 2.44. The maximum atomic E-state index is 14.0. The Balaban J connectivity index is 1.78. The quantitative estimate of drug-likeness (QED) is 0.546. The molecular formula is C24H22ClFN6O3. The maximum Gasteiger partial charge on any atom is 0.339 e. The lowest BCUT2D eigenvalue weighted by molar-refractivity contribution is -0.000682. The first-order chi connectivity index (χ1) is 16.8. The Morgan fingerprint density at radius 3 is 2.63 bits per heavy atom. The van der Waals surface area contributed by atoms with E-state index in [-0.39, 0.29) is 28.4 Å². The first-order valence-corrected chi connectivity index (χ1v) is 11.6. The number of hydrogen-bond acceptors (Lipinski definition) is 7. The van der Waals surface area contributed by atoms with Crippen molar-refractivity contribution in [1.82, 2.24) is 19.1 Å². The third kappa shape index (κ3) is 4.00. The molecule has 2 aliphatic heterocycles. The molecule has 0 amide bonds. The molecule has 3 aromatic rings. The molecule has 2 saturated heterocycles. The van der Waals surface area contributed by atoms with Gasteiger partial charge in [-0.2, -0.15) is 5.26 Å². The predicted octanol–water partition coefficient (Wildman–Crippen LogP) is 2.70. The number of halogens is 2. The van der Waals surface area contributed by atoms with Gasteiger partial charge in [0.05, 0.1) is 28.5 Å². The van der Waals surface area contributed by atoms with Gasteiger partial charge in [0.2, 0.25) is 0 Å². The van der Waals surface area contributed by atoms with Crippen molar-refractivity contribution in [3.63, 3.8) is 0 Å². The van der Waals surface area contributed by atoms with E-state index in [1.54, 1.807) is 6.92 Å². The molecule has 2 fully saturated rings. The first-order valence-electron chi connectivity index (χ1n) is 11.2. The van der Waals surface area contributed by atoms with Crippen LogP contribution in [0.4, 0.5) is 10.2 Å². The zero-order valence-corrected chi connectivity index (χ0v) is 19.8. The molecule has 0 atom stereocenters. The normalized spacial score (nSPS) is 16.7. The number of hydrogen-bond donors (Lipinski definition) is 0. The van der Waals surface area contributed by atoms with E-state index in [0.717, 1.165) is 17.4 Å². The highest BCUT2D eigenvalue weighted by molar-refractivity contribution is 6.31. The molecule has 35 heavy (non-hydrogen) atoms. The number of nitriles is 1. The molecule has 0 bridgehead atoms. The fourth-order valence-corrected chi connectivity index (χ4v) is 5.06.